The van der Waals surface area contributed by atoms with Crippen LogP contribution >= 0.6 is 0 Å². The molecule has 2 aliphatic heterocycles. The van der Waals surface area contributed by atoms with Crippen LogP contribution in [0.25, 0.3) is 0 Å². The zero-order valence-electron chi connectivity index (χ0n) is 15.6. The quantitative estimate of drug-likeness (QED) is 0.690. The lowest BCUT2D eigenvalue weighted by atomic mass is 10.0. The molecule has 0 N–H and O–H groups in total. The van der Waals surface area contributed by atoms with E-state index < -0.39 is 40.7 Å². The van der Waals surface area contributed by atoms with Crippen LogP contribution in [-0.2, 0) is 42.7 Å². The van der Waals surface area contributed by atoms with Crippen molar-refractivity contribution in [1.29, 1.82) is 0 Å². The van der Waals surface area contributed by atoms with E-state index in [9.17, 15) is 25.3 Å². The van der Waals surface area contributed by atoms with Crippen LogP contribution in [0, 0.1) is 0 Å². The van der Waals surface area contributed by atoms with Gasteiger partial charge in [-0.05, 0) is 42.2 Å². The predicted octanol–water partition coefficient (Wildman–Crippen LogP) is 1.39. The molecule has 0 bridgehead atoms. The first-order valence-electron chi connectivity index (χ1n) is 9.21. The second-order valence-electron chi connectivity index (χ2n) is 7.40. The average molecular weight is 456 g/mol. The van der Waals surface area contributed by atoms with Gasteiger partial charge in [0.1, 0.15) is 0 Å². The fraction of sp³-hybridized carbons (Fsp3) is 0.368. The Morgan fingerprint density at radius 2 is 1.59 bits per heavy atom. The molecule has 0 spiro atoms. The van der Waals surface area contributed by atoms with Crippen LogP contribution in [0.4, 0.5) is 0 Å². The molecule has 156 valence electrons. The van der Waals surface area contributed by atoms with Crippen molar-refractivity contribution in [2.75, 3.05) is 18.1 Å². The van der Waals surface area contributed by atoms with E-state index in [1.165, 1.54) is 22.5 Å². The predicted molar refractivity (Wildman–Crippen MR) is 108 cm³/mol. The Morgan fingerprint density at radius 3 is 2.28 bits per heavy atom. The van der Waals surface area contributed by atoms with Crippen LogP contribution in [0.3, 0.4) is 0 Å². The minimum absolute atomic E-state index is 0.0323. The van der Waals surface area contributed by atoms with Crippen LogP contribution in [0.2, 0.25) is 0 Å². The van der Waals surface area contributed by atoms with E-state index in [0.29, 0.717) is 13.0 Å². The largest absolute Gasteiger partial charge is 0.243 e. The highest BCUT2D eigenvalue weighted by atomic mass is 32.2. The summed E-state index contributed by atoms with van der Waals surface area (Å²) in [6.07, 6.45) is 0.623. The summed E-state index contributed by atoms with van der Waals surface area (Å²) >= 11 is 0. The van der Waals surface area contributed by atoms with E-state index in [-0.39, 0.29) is 28.5 Å². The van der Waals surface area contributed by atoms with Crippen LogP contribution in [-0.4, -0.2) is 52.9 Å². The van der Waals surface area contributed by atoms with E-state index >= 15 is 0 Å². The van der Waals surface area contributed by atoms with E-state index in [1.807, 2.05) is 24.3 Å². The molecule has 2 heterocycles. The lowest BCUT2D eigenvalue weighted by Gasteiger charge is -2.28. The highest BCUT2D eigenvalue weighted by molar-refractivity contribution is 7.96. The molecular formula is C19H21NO6S3. The zero-order valence-corrected chi connectivity index (χ0v) is 18.0. The van der Waals surface area contributed by atoms with E-state index in [4.69, 9.17) is 0 Å². The number of nitrogens with zero attached hydrogens (tertiary/aromatic N) is 1. The first kappa shape index (κ1) is 20.5. The first-order chi connectivity index (χ1) is 13.6. The van der Waals surface area contributed by atoms with Crippen molar-refractivity contribution in [2.45, 2.75) is 34.4 Å². The maximum Gasteiger partial charge on any atom is 0.243 e. The van der Waals surface area contributed by atoms with E-state index in [0.717, 1.165) is 17.2 Å². The molecule has 0 radical (unpaired) electrons. The summed E-state index contributed by atoms with van der Waals surface area (Å²) in [4.78, 5) is -0.253. The van der Waals surface area contributed by atoms with Crippen molar-refractivity contribution in [3.05, 3.63) is 59.7 Å². The van der Waals surface area contributed by atoms with Gasteiger partial charge in [-0.1, -0.05) is 30.3 Å². The van der Waals surface area contributed by atoms with Crippen molar-refractivity contribution in [1.82, 2.24) is 4.31 Å². The molecule has 2 aliphatic rings. The molecule has 0 aromatic heterocycles. The third-order valence-electron chi connectivity index (χ3n) is 5.50. The molecule has 0 saturated carbocycles. The molecule has 0 amide bonds. The van der Waals surface area contributed by atoms with Gasteiger partial charge in [0, 0.05) is 13.1 Å². The minimum atomic E-state index is -3.93. The van der Waals surface area contributed by atoms with Gasteiger partial charge < -0.3 is 0 Å². The number of sulfone groups is 2. The monoisotopic (exact) mass is 455 g/mol. The normalized spacial score (nSPS) is 22.3. The Bertz CT molecular complexity index is 1270. The highest BCUT2D eigenvalue weighted by Crippen LogP contribution is 2.29. The Balaban J connectivity index is 1.65. The number of benzene rings is 2. The number of rotatable bonds is 4. The molecule has 10 heteroatoms. The van der Waals surface area contributed by atoms with Crippen LogP contribution in [0.1, 0.15) is 17.5 Å². The Morgan fingerprint density at radius 1 is 0.897 bits per heavy atom. The minimum Gasteiger partial charge on any atom is -0.229 e. The highest BCUT2D eigenvalue weighted by Gasteiger charge is 2.38. The Labute approximate surface area is 171 Å². The third-order valence-corrected chi connectivity index (χ3v) is 11.5. The van der Waals surface area contributed by atoms with Crippen molar-refractivity contribution >= 4 is 29.7 Å². The lowest BCUT2D eigenvalue weighted by molar-refractivity contribution is 0.391. The summed E-state index contributed by atoms with van der Waals surface area (Å²) in [5.74, 6) is -0.586. The smallest absolute Gasteiger partial charge is 0.229 e. The van der Waals surface area contributed by atoms with Crippen molar-refractivity contribution in [2.24, 2.45) is 0 Å². The molecule has 0 unspecified atom stereocenters. The molecule has 1 fully saturated rings. The van der Waals surface area contributed by atoms with Crippen LogP contribution < -0.4 is 0 Å². The second kappa shape index (κ2) is 7.19. The van der Waals surface area contributed by atoms with Gasteiger partial charge >= 0.3 is 0 Å². The summed E-state index contributed by atoms with van der Waals surface area (Å²) in [5.41, 5.74) is 2.04. The van der Waals surface area contributed by atoms with Crippen molar-refractivity contribution in [3.8, 4) is 0 Å². The summed E-state index contributed by atoms with van der Waals surface area (Å²) in [5, 5.41) is -1.03. The van der Waals surface area contributed by atoms with Gasteiger partial charge in [-0.2, -0.15) is 4.31 Å². The third kappa shape index (κ3) is 3.86. The molecule has 29 heavy (non-hydrogen) atoms. The lowest BCUT2D eigenvalue weighted by Crippen LogP contribution is -2.36. The summed E-state index contributed by atoms with van der Waals surface area (Å²) in [6, 6.07) is 12.9. The van der Waals surface area contributed by atoms with Crippen LogP contribution in [0.5, 0.6) is 0 Å². The number of sulfonamides is 1. The molecular weight excluding hydrogens is 434 g/mol. The maximum absolute atomic E-state index is 13.1. The second-order valence-corrected chi connectivity index (χ2v) is 13.8. The number of hydrogen-bond acceptors (Lipinski definition) is 6. The SMILES string of the molecule is O=S1(=O)CC[C@H](S(=O)(=O)c2cccc(S(=O)(=O)N3CCc4ccccc4C3)c2)C1. The van der Waals surface area contributed by atoms with Gasteiger partial charge in [-0.15, -0.1) is 0 Å². The van der Waals surface area contributed by atoms with Crippen LogP contribution in [0.15, 0.2) is 58.3 Å². The fourth-order valence-corrected chi connectivity index (χ4v) is 9.78. The number of fused-ring (bicyclic) bond motifs is 1. The summed E-state index contributed by atoms with van der Waals surface area (Å²) in [7, 11) is -11.2. The summed E-state index contributed by atoms with van der Waals surface area (Å²) < 4.78 is 76.7. The van der Waals surface area contributed by atoms with Gasteiger partial charge in [0.25, 0.3) is 0 Å². The molecule has 1 saturated heterocycles. The molecule has 7 nitrogen and oxygen atoms in total. The topological polar surface area (TPSA) is 106 Å². The van der Waals surface area contributed by atoms with E-state index in [1.54, 1.807) is 0 Å². The van der Waals surface area contributed by atoms with Crippen molar-refractivity contribution < 1.29 is 25.3 Å². The summed E-state index contributed by atoms with van der Waals surface area (Å²) in [6.45, 7) is 0.549. The molecule has 2 aromatic carbocycles. The standard InChI is InChI=1S/C19H21NO6S3/c21-27(22)11-9-19(14-27)28(23,24)17-6-3-7-18(12-17)29(25,26)20-10-8-15-4-1-2-5-16(15)13-20/h1-7,12,19H,8-11,13-14H2/t19-/m0/s1. The van der Waals surface area contributed by atoms with E-state index in [2.05, 4.69) is 0 Å². The Hall–Kier alpha value is -1.75. The first-order valence-corrected chi connectivity index (χ1v) is 14.0. The molecule has 1 atom stereocenters. The Kier molecular flexibility index (Phi) is 5.09. The van der Waals surface area contributed by atoms with Gasteiger partial charge in [0.05, 0.1) is 26.5 Å². The van der Waals surface area contributed by atoms with Gasteiger partial charge in [0.15, 0.2) is 19.7 Å². The van der Waals surface area contributed by atoms with Crippen molar-refractivity contribution in [3.63, 3.8) is 0 Å². The number of hydrogen-bond donors (Lipinski definition) is 0. The van der Waals surface area contributed by atoms with Gasteiger partial charge in [-0.25, -0.2) is 25.3 Å². The fourth-order valence-electron chi connectivity index (χ4n) is 3.83. The zero-order chi connectivity index (χ0) is 20.9. The average Bonchev–Trinajstić information content (AvgIpc) is 3.08. The molecule has 2 aromatic rings. The molecule has 0 aliphatic carbocycles. The molecule has 4 rings (SSSR count). The maximum atomic E-state index is 13.1. The van der Waals surface area contributed by atoms with Gasteiger partial charge in [-0.3, -0.25) is 0 Å². The van der Waals surface area contributed by atoms with Gasteiger partial charge in [0.2, 0.25) is 10.0 Å².